The molecule has 0 aliphatic carbocycles. The maximum absolute atomic E-state index is 12.6. The number of amides is 2. The first kappa shape index (κ1) is 19.7. The van der Waals surface area contributed by atoms with E-state index in [4.69, 9.17) is 0 Å². The number of anilines is 1. The van der Waals surface area contributed by atoms with Crippen LogP contribution in [0.25, 0.3) is 10.7 Å². The lowest BCUT2D eigenvalue weighted by molar-refractivity contribution is -0.118. The van der Waals surface area contributed by atoms with E-state index in [1.165, 1.54) is 11.3 Å². The molecule has 0 atom stereocenters. The van der Waals surface area contributed by atoms with Crippen LogP contribution >= 0.6 is 11.3 Å². The second-order valence-electron chi connectivity index (χ2n) is 6.67. The Kier molecular flexibility index (Phi) is 6.16. The van der Waals surface area contributed by atoms with E-state index in [0.717, 1.165) is 22.0 Å². The molecular weight excluding hydrogens is 372 g/mol. The summed E-state index contributed by atoms with van der Waals surface area (Å²) >= 11 is 1.33. The number of benzene rings is 1. The Bertz CT molecular complexity index is 966. The van der Waals surface area contributed by atoms with Gasteiger partial charge in [0.2, 0.25) is 5.91 Å². The van der Waals surface area contributed by atoms with Gasteiger partial charge in [0, 0.05) is 24.3 Å². The molecule has 2 N–H and O–H groups in total. The molecule has 3 rings (SSSR count). The standard InChI is InChI=1S/C21H22N4O2S/c1-13(2)19(26)25-16-9-7-15(8-10-16)12-23-20(27)18-14(3)24-21(28-18)17-6-4-5-11-22-17/h4-11,13H,12H2,1-3H3,(H,23,27)(H,25,26). The average Bonchev–Trinajstić information content (AvgIpc) is 3.09. The van der Waals surface area contributed by atoms with Crippen LogP contribution in [-0.2, 0) is 11.3 Å². The van der Waals surface area contributed by atoms with E-state index >= 15 is 0 Å². The van der Waals surface area contributed by atoms with E-state index in [0.29, 0.717) is 17.1 Å². The number of nitrogens with one attached hydrogen (secondary N) is 2. The van der Waals surface area contributed by atoms with Crippen molar-refractivity contribution >= 4 is 28.8 Å². The van der Waals surface area contributed by atoms with Crippen LogP contribution in [0, 0.1) is 12.8 Å². The molecule has 2 aromatic heterocycles. The van der Waals surface area contributed by atoms with Crippen LogP contribution < -0.4 is 10.6 Å². The highest BCUT2D eigenvalue weighted by Gasteiger charge is 2.16. The van der Waals surface area contributed by atoms with Crippen LogP contribution in [-0.4, -0.2) is 21.8 Å². The van der Waals surface area contributed by atoms with Crippen molar-refractivity contribution in [1.82, 2.24) is 15.3 Å². The largest absolute Gasteiger partial charge is 0.347 e. The summed E-state index contributed by atoms with van der Waals surface area (Å²) in [4.78, 5) is 33.6. The van der Waals surface area contributed by atoms with Crippen molar-refractivity contribution in [2.45, 2.75) is 27.3 Å². The van der Waals surface area contributed by atoms with Crippen molar-refractivity contribution in [3.63, 3.8) is 0 Å². The number of thiazole rings is 1. The van der Waals surface area contributed by atoms with E-state index in [2.05, 4.69) is 20.6 Å². The highest BCUT2D eigenvalue weighted by atomic mass is 32.1. The smallest absolute Gasteiger partial charge is 0.263 e. The fraction of sp³-hybridized carbons (Fsp3) is 0.238. The molecule has 3 aromatic rings. The Morgan fingerprint density at radius 3 is 2.50 bits per heavy atom. The number of carbonyl (C=O) groups is 2. The number of nitrogens with zero attached hydrogens (tertiary/aromatic N) is 2. The molecule has 0 aliphatic heterocycles. The third kappa shape index (κ3) is 4.80. The highest BCUT2D eigenvalue weighted by molar-refractivity contribution is 7.17. The molecule has 7 heteroatoms. The van der Waals surface area contributed by atoms with Gasteiger partial charge in [0.25, 0.3) is 5.91 Å². The number of hydrogen-bond acceptors (Lipinski definition) is 5. The highest BCUT2D eigenvalue weighted by Crippen LogP contribution is 2.26. The van der Waals surface area contributed by atoms with Gasteiger partial charge < -0.3 is 10.6 Å². The van der Waals surface area contributed by atoms with Crippen molar-refractivity contribution in [1.29, 1.82) is 0 Å². The Labute approximate surface area is 168 Å². The van der Waals surface area contributed by atoms with E-state index in [1.807, 2.05) is 63.2 Å². The third-order valence-corrected chi connectivity index (χ3v) is 5.26. The third-order valence-electron chi connectivity index (χ3n) is 4.09. The first-order valence-corrected chi connectivity index (χ1v) is 9.82. The molecular formula is C21H22N4O2S. The van der Waals surface area contributed by atoms with Gasteiger partial charge in [0.15, 0.2) is 0 Å². The fourth-order valence-corrected chi connectivity index (χ4v) is 3.42. The van der Waals surface area contributed by atoms with Gasteiger partial charge in [-0.25, -0.2) is 4.98 Å². The maximum atomic E-state index is 12.6. The van der Waals surface area contributed by atoms with E-state index in [-0.39, 0.29) is 17.7 Å². The summed E-state index contributed by atoms with van der Waals surface area (Å²) in [6.45, 7) is 5.91. The van der Waals surface area contributed by atoms with Gasteiger partial charge >= 0.3 is 0 Å². The predicted octanol–water partition coefficient (Wildman–Crippen LogP) is 4.04. The summed E-state index contributed by atoms with van der Waals surface area (Å²) in [7, 11) is 0. The van der Waals surface area contributed by atoms with Crippen LogP contribution in [0.4, 0.5) is 5.69 Å². The van der Waals surface area contributed by atoms with E-state index in [1.54, 1.807) is 6.20 Å². The Hall–Kier alpha value is -3.06. The zero-order valence-corrected chi connectivity index (χ0v) is 16.8. The molecule has 2 heterocycles. The number of rotatable bonds is 6. The summed E-state index contributed by atoms with van der Waals surface area (Å²) in [5.74, 6) is -0.252. The van der Waals surface area contributed by atoms with Crippen LogP contribution in [0.3, 0.4) is 0 Å². The Morgan fingerprint density at radius 1 is 1.11 bits per heavy atom. The molecule has 0 spiro atoms. The molecule has 0 fully saturated rings. The number of carbonyl (C=O) groups excluding carboxylic acids is 2. The van der Waals surface area contributed by atoms with E-state index < -0.39 is 0 Å². The van der Waals surface area contributed by atoms with Crippen molar-refractivity contribution in [2.24, 2.45) is 5.92 Å². The Morgan fingerprint density at radius 2 is 1.86 bits per heavy atom. The van der Waals surface area contributed by atoms with Crippen LogP contribution in [0.1, 0.15) is 34.8 Å². The minimum Gasteiger partial charge on any atom is -0.347 e. The molecule has 1 aromatic carbocycles. The molecule has 6 nitrogen and oxygen atoms in total. The monoisotopic (exact) mass is 394 g/mol. The van der Waals surface area contributed by atoms with Gasteiger partial charge in [0.1, 0.15) is 9.88 Å². The SMILES string of the molecule is Cc1nc(-c2ccccn2)sc1C(=O)NCc1ccc(NC(=O)C(C)C)cc1. The second-order valence-corrected chi connectivity index (χ2v) is 7.67. The topological polar surface area (TPSA) is 84.0 Å². The van der Waals surface area contributed by atoms with Crippen molar-refractivity contribution < 1.29 is 9.59 Å². The molecule has 0 aliphatic rings. The number of aryl methyl sites for hydroxylation is 1. The van der Waals surface area contributed by atoms with Gasteiger partial charge in [0.05, 0.1) is 11.4 Å². The van der Waals surface area contributed by atoms with E-state index in [9.17, 15) is 9.59 Å². The molecule has 2 amide bonds. The first-order valence-electron chi connectivity index (χ1n) is 9.01. The zero-order chi connectivity index (χ0) is 20.1. The van der Waals surface area contributed by atoms with Gasteiger partial charge in [-0.2, -0.15) is 0 Å². The second kappa shape index (κ2) is 8.75. The zero-order valence-electron chi connectivity index (χ0n) is 16.0. The van der Waals surface area contributed by atoms with Crippen LogP contribution in [0.2, 0.25) is 0 Å². The number of hydrogen-bond donors (Lipinski definition) is 2. The molecule has 0 bridgehead atoms. The summed E-state index contributed by atoms with van der Waals surface area (Å²) in [6, 6.07) is 13.0. The normalized spacial score (nSPS) is 10.7. The van der Waals surface area contributed by atoms with Crippen molar-refractivity contribution in [2.75, 3.05) is 5.32 Å². The maximum Gasteiger partial charge on any atom is 0.263 e. The van der Waals surface area contributed by atoms with Crippen molar-refractivity contribution in [3.8, 4) is 10.7 Å². The van der Waals surface area contributed by atoms with Crippen molar-refractivity contribution in [3.05, 3.63) is 64.8 Å². The van der Waals surface area contributed by atoms with Gasteiger partial charge in [-0.3, -0.25) is 14.6 Å². The van der Waals surface area contributed by atoms with Gasteiger partial charge in [-0.1, -0.05) is 32.0 Å². The summed E-state index contributed by atoms with van der Waals surface area (Å²) in [5, 5.41) is 6.50. The lowest BCUT2D eigenvalue weighted by Gasteiger charge is -2.09. The minimum atomic E-state index is -0.158. The molecule has 0 radical (unpaired) electrons. The lowest BCUT2D eigenvalue weighted by Crippen LogP contribution is -2.22. The molecule has 0 saturated heterocycles. The lowest BCUT2D eigenvalue weighted by atomic mass is 10.1. The van der Waals surface area contributed by atoms with Gasteiger partial charge in [-0.05, 0) is 36.8 Å². The average molecular weight is 395 g/mol. The quantitative estimate of drug-likeness (QED) is 0.661. The predicted molar refractivity (Wildman–Crippen MR) is 111 cm³/mol. The van der Waals surface area contributed by atoms with Crippen LogP contribution in [0.15, 0.2) is 48.7 Å². The minimum absolute atomic E-state index is 0.0227. The fourth-order valence-electron chi connectivity index (χ4n) is 2.46. The van der Waals surface area contributed by atoms with Gasteiger partial charge in [-0.15, -0.1) is 11.3 Å². The molecule has 0 saturated carbocycles. The summed E-state index contributed by atoms with van der Waals surface area (Å²) in [5.41, 5.74) is 3.14. The summed E-state index contributed by atoms with van der Waals surface area (Å²) in [6.07, 6.45) is 1.71. The molecule has 0 unspecified atom stereocenters. The first-order chi connectivity index (χ1) is 13.4. The number of aromatic nitrogens is 2. The Balaban J connectivity index is 1.61. The molecule has 28 heavy (non-hydrogen) atoms. The molecule has 144 valence electrons. The van der Waals surface area contributed by atoms with Crippen LogP contribution in [0.5, 0.6) is 0 Å². The number of pyridine rings is 1. The summed E-state index contributed by atoms with van der Waals surface area (Å²) < 4.78 is 0.